The van der Waals surface area contributed by atoms with Gasteiger partial charge in [0.05, 0.1) is 7.11 Å². The van der Waals surface area contributed by atoms with Crippen molar-refractivity contribution in [3.63, 3.8) is 0 Å². The van der Waals surface area contributed by atoms with Crippen LogP contribution >= 0.6 is 0 Å². The number of nitrogens with one attached hydrogen (secondary N) is 1. The van der Waals surface area contributed by atoms with E-state index in [1.807, 2.05) is 0 Å². The van der Waals surface area contributed by atoms with Gasteiger partial charge in [-0.15, -0.1) is 0 Å². The second kappa shape index (κ2) is 6.74. The Kier molecular flexibility index (Phi) is 5.62. The fourth-order valence-electron chi connectivity index (χ4n) is 2.57. The summed E-state index contributed by atoms with van der Waals surface area (Å²) in [6.07, 6.45) is 4.28. The molecule has 1 fully saturated rings. The Morgan fingerprint density at radius 2 is 2.00 bits per heavy atom. The lowest BCUT2D eigenvalue weighted by atomic mass is 9.83. The van der Waals surface area contributed by atoms with E-state index in [9.17, 15) is 9.59 Å². The third-order valence-corrected chi connectivity index (χ3v) is 3.34. The maximum absolute atomic E-state index is 12.0. The molecule has 1 heterocycles. The van der Waals surface area contributed by atoms with Crippen LogP contribution in [0.2, 0.25) is 0 Å². The highest BCUT2D eigenvalue weighted by molar-refractivity contribution is 6.00. The van der Waals surface area contributed by atoms with Crippen molar-refractivity contribution in [1.29, 1.82) is 0 Å². The van der Waals surface area contributed by atoms with Crippen molar-refractivity contribution >= 4 is 11.8 Å². The molecule has 4 heteroatoms. The van der Waals surface area contributed by atoms with Crippen molar-refractivity contribution in [1.82, 2.24) is 5.32 Å². The normalized spacial score (nSPS) is 29.1. The molecule has 0 aromatic carbocycles. The minimum atomic E-state index is -0.604. The molecule has 3 unspecified atom stereocenters. The predicted molar refractivity (Wildman–Crippen MR) is 65.7 cm³/mol. The SMILES string of the molecule is CCCC1CC(=O)C(C(=O)OC)C(CCC)N1. The van der Waals surface area contributed by atoms with E-state index in [-0.39, 0.29) is 17.9 Å². The largest absolute Gasteiger partial charge is 0.468 e. The number of methoxy groups -OCH3 is 1. The number of hydrogen-bond acceptors (Lipinski definition) is 4. The Morgan fingerprint density at radius 1 is 1.35 bits per heavy atom. The van der Waals surface area contributed by atoms with E-state index < -0.39 is 11.9 Å². The molecule has 0 aromatic heterocycles. The minimum Gasteiger partial charge on any atom is -0.468 e. The number of hydrogen-bond donors (Lipinski definition) is 1. The maximum atomic E-state index is 12.0. The van der Waals surface area contributed by atoms with Gasteiger partial charge in [0, 0.05) is 18.5 Å². The summed E-state index contributed by atoms with van der Waals surface area (Å²) in [5.74, 6) is -0.962. The highest BCUT2D eigenvalue weighted by Gasteiger charge is 2.40. The minimum absolute atomic E-state index is 0.0347. The molecule has 0 amide bonds. The predicted octanol–water partition coefficient (Wildman–Crippen LogP) is 1.68. The van der Waals surface area contributed by atoms with E-state index in [0.29, 0.717) is 6.42 Å². The first kappa shape index (κ1) is 14.2. The molecule has 0 radical (unpaired) electrons. The first-order valence-electron chi connectivity index (χ1n) is 6.50. The van der Waals surface area contributed by atoms with Crippen molar-refractivity contribution in [2.75, 3.05) is 7.11 Å². The summed E-state index contributed by atoms with van der Waals surface area (Å²) in [6.45, 7) is 4.16. The molecule has 98 valence electrons. The number of esters is 1. The molecule has 1 aliphatic rings. The van der Waals surface area contributed by atoms with Gasteiger partial charge < -0.3 is 10.1 Å². The molecule has 0 spiro atoms. The number of carbonyl (C=O) groups excluding carboxylic acids is 2. The molecule has 0 aromatic rings. The number of piperidine rings is 1. The van der Waals surface area contributed by atoms with Crippen LogP contribution in [0.3, 0.4) is 0 Å². The summed E-state index contributed by atoms with van der Waals surface area (Å²) in [6, 6.07) is 0.176. The topological polar surface area (TPSA) is 55.4 Å². The van der Waals surface area contributed by atoms with E-state index in [1.165, 1.54) is 7.11 Å². The van der Waals surface area contributed by atoms with E-state index >= 15 is 0 Å². The monoisotopic (exact) mass is 241 g/mol. The van der Waals surface area contributed by atoms with E-state index in [2.05, 4.69) is 19.2 Å². The van der Waals surface area contributed by atoms with Gasteiger partial charge in [-0.2, -0.15) is 0 Å². The average molecular weight is 241 g/mol. The zero-order chi connectivity index (χ0) is 12.8. The van der Waals surface area contributed by atoms with Gasteiger partial charge in [-0.3, -0.25) is 9.59 Å². The third-order valence-electron chi connectivity index (χ3n) is 3.34. The summed E-state index contributed by atoms with van der Waals surface area (Å²) >= 11 is 0. The second-order valence-corrected chi connectivity index (χ2v) is 4.72. The van der Waals surface area contributed by atoms with Crippen LogP contribution in [0.1, 0.15) is 46.0 Å². The van der Waals surface area contributed by atoms with Gasteiger partial charge in [-0.1, -0.05) is 26.7 Å². The molecule has 4 nitrogen and oxygen atoms in total. The van der Waals surface area contributed by atoms with Crippen LogP contribution in [0.15, 0.2) is 0 Å². The summed E-state index contributed by atoms with van der Waals surface area (Å²) in [5.41, 5.74) is 0. The molecule has 0 aliphatic carbocycles. The number of ether oxygens (including phenoxy) is 1. The smallest absolute Gasteiger partial charge is 0.317 e. The second-order valence-electron chi connectivity index (χ2n) is 4.72. The van der Waals surface area contributed by atoms with Gasteiger partial charge in [-0.05, 0) is 12.8 Å². The molecule has 3 atom stereocenters. The van der Waals surface area contributed by atoms with Gasteiger partial charge in [0.2, 0.25) is 0 Å². The summed E-state index contributed by atoms with van der Waals surface area (Å²) in [5, 5.41) is 3.43. The number of ketones is 1. The lowest BCUT2D eigenvalue weighted by Crippen LogP contribution is -2.54. The fourth-order valence-corrected chi connectivity index (χ4v) is 2.57. The van der Waals surface area contributed by atoms with Gasteiger partial charge in [0.25, 0.3) is 0 Å². The van der Waals surface area contributed by atoms with E-state index in [1.54, 1.807) is 0 Å². The first-order chi connectivity index (χ1) is 8.13. The Labute approximate surface area is 103 Å². The zero-order valence-corrected chi connectivity index (χ0v) is 11.0. The quantitative estimate of drug-likeness (QED) is 0.587. The van der Waals surface area contributed by atoms with Gasteiger partial charge >= 0.3 is 5.97 Å². The van der Waals surface area contributed by atoms with Crippen molar-refractivity contribution in [2.45, 2.75) is 58.0 Å². The molecule has 1 aliphatic heterocycles. The third kappa shape index (κ3) is 3.53. The summed E-state index contributed by atoms with van der Waals surface area (Å²) < 4.78 is 4.73. The lowest BCUT2D eigenvalue weighted by molar-refractivity contribution is -0.152. The Hall–Kier alpha value is -0.900. The molecule has 1 N–H and O–H groups in total. The number of rotatable bonds is 5. The van der Waals surface area contributed by atoms with Crippen LogP contribution < -0.4 is 5.32 Å². The van der Waals surface area contributed by atoms with Crippen LogP contribution in [-0.4, -0.2) is 30.9 Å². The van der Waals surface area contributed by atoms with Crippen LogP contribution in [0, 0.1) is 5.92 Å². The first-order valence-corrected chi connectivity index (χ1v) is 6.50. The Balaban J connectivity index is 2.75. The lowest BCUT2D eigenvalue weighted by Gasteiger charge is -2.35. The van der Waals surface area contributed by atoms with Crippen LogP contribution in [-0.2, 0) is 14.3 Å². The summed E-state index contributed by atoms with van der Waals surface area (Å²) in [7, 11) is 1.34. The van der Waals surface area contributed by atoms with Gasteiger partial charge in [0.15, 0.2) is 0 Å². The fraction of sp³-hybridized carbons (Fsp3) is 0.846. The highest BCUT2D eigenvalue weighted by Crippen LogP contribution is 2.23. The Morgan fingerprint density at radius 3 is 2.53 bits per heavy atom. The van der Waals surface area contributed by atoms with Crippen LogP contribution in [0.4, 0.5) is 0 Å². The van der Waals surface area contributed by atoms with Gasteiger partial charge in [-0.25, -0.2) is 0 Å². The van der Waals surface area contributed by atoms with Gasteiger partial charge in [0.1, 0.15) is 11.7 Å². The van der Waals surface area contributed by atoms with E-state index in [0.717, 1.165) is 25.7 Å². The van der Waals surface area contributed by atoms with Crippen molar-refractivity contribution < 1.29 is 14.3 Å². The number of carbonyl (C=O) groups is 2. The molecule has 1 saturated heterocycles. The molecule has 0 bridgehead atoms. The zero-order valence-electron chi connectivity index (χ0n) is 11.0. The van der Waals surface area contributed by atoms with Crippen LogP contribution in [0.25, 0.3) is 0 Å². The summed E-state index contributed by atoms with van der Waals surface area (Å²) in [4.78, 5) is 23.7. The van der Waals surface area contributed by atoms with Crippen molar-refractivity contribution in [3.05, 3.63) is 0 Å². The van der Waals surface area contributed by atoms with Crippen molar-refractivity contribution in [3.8, 4) is 0 Å². The molecule has 0 saturated carbocycles. The standard InChI is InChI=1S/C13H23NO3/c1-4-6-9-8-11(15)12(13(16)17-3)10(14-9)7-5-2/h9-10,12,14H,4-8H2,1-3H3. The number of Topliss-reactive ketones (excluding diaryl/α,β-unsaturated/α-hetero) is 1. The maximum Gasteiger partial charge on any atom is 0.317 e. The Bertz CT molecular complexity index is 278. The van der Waals surface area contributed by atoms with Crippen molar-refractivity contribution in [2.24, 2.45) is 5.92 Å². The van der Waals surface area contributed by atoms with E-state index in [4.69, 9.17) is 4.74 Å². The molecule has 17 heavy (non-hydrogen) atoms. The average Bonchev–Trinajstić information content (AvgIpc) is 2.29. The molecular weight excluding hydrogens is 218 g/mol. The molecular formula is C13H23NO3. The van der Waals surface area contributed by atoms with Crippen LogP contribution in [0.5, 0.6) is 0 Å². The molecule has 1 rings (SSSR count). The highest BCUT2D eigenvalue weighted by atomic mass is 16.5.